The predicted octanol–water partition coefficient (Wildman–Crippen LogP) is 0.699. The van der Waals surface area contributed by atoms with E-state index in [9.17, 15) is 4.21 Å². The molecule has 7 nitrogen and oxygen atoms in total. The van der Waals surface area contributed by atoms with Gasteiger partial charge in [0.15, 0.2) is 11.6 Å². The summed E-state index contributed by atoms with van der Waals surface area (Å²) in [7, 11) is -0.900. The van der Waals surface area contributed by atoms with Crippen molar-refractivity contribution in [3.8, 4) is 17.1 Å². The van der Waals surface area contributed by atoms with E-state index in [-0.39, 0.29) is 0 Å². The van der Waals surface area contributed by atoms with Crippen LogP contribution >= 0.6 is 0 Å². The lowest BCUT2D eigenvalue weighted by Gasteiger charge is -2.12. The highest BCUT2D eigenvalue weighted by Crippen LogP contribution is 2.33. The molecule has 1 aromatic heterocycles. The summed E-state index contributed by atoms with van der Waals surface area (Å²) in [4.78, 5) is 0. The first-order chi connectivity index (χ1) is 9.63. The minimum absolute atomic E-state index is 0.478. The van der Waals surface area contributed by atoms with Crippen LogP contribution in [0, 0.1) is 0 Å². The number of rotatable bonds is 6. The minimum atomic E-state index is -0.900. The van der Waals surface area contributed by atoms with Crippen LogP contribution in [0.2, 0.25) is 0 Å². The first-order valence-electron chi connectivity index (χ1n) is 6.21. The molecule has 2 aromatic rings. The molecule has 1 unspecified atom stereocenters. The van der Waals surface area contributed by atoms with E-state index in [0.717, 1.165) is 5.56 Å². The molecule has 0 amide bonds. The molecule has 0 bridgehead atoms. The Hall–Kier alpha value is -1.96. The molecule has 1 heterocycles. The highest BCUT2D eigenvalue weighted by Gasteiger charge is 2.16. The second-order valence-electron chi connectivity index (χ2n) is 4.16. The Morgan fingerprint density at radius 1 is 1.45 bits per heavy atom. The molecule has 2 rings (SSSR count). The molecule has 0 aliphatic carbocycles. The number of tetrazole rings is 1. The van der Waals surface area contributed by atoms with E-state index in [4.69, 9.17) is 10.5 Å². The van der Waals surface area contributed by atoms with Gasteiger partial charge in [-0.3, -0.25) is 4.21 Å². The van der Waals surface area contributed by atoms with Crippen molar-refractivity contribution in [1.82, 2.24) is 20.2 Å². The van der Waals surface area contributed by atoms with E-state index >= 15 is 0 Å². The van der Waals surface area contributed by atoms with Crippen LogP contribution in [0.1, 0.15) is 6.92 Å². The van der Waals surface area contributed by atoms with Crippen LogP contribution in [-0.4, -0.2) is 43.0 Å². The summed E-state index contributed by atoms with van der Waals surface area (Å²) < 4.78 is 18.4. The third-order valence-corrected chi connectivity index (χ3v) is 3.46. The van der Waals surface area contributed by atoms with Crippen LogP contribution in [0.4, 0.5) is 5.69 Å². The van der Waals surface area contributed by atoms with Gasteiger partial charge in [-0.05, 0) is 29.5 Å². The number of hydrogen-bond donors (Lipinski definition) is 1. The minimum Gasteiger partial charge on any atom is -0.491 e. The molecule has 8 heteroatoms. The van der Waals surface area contributed by atoms with Crippen molar-refractivity contribution in [3.63, 3.8) is 0 Å². The van der Waals surface area contributed by atoms with E-state index in [1.165, 1.54) is 0 Å². The highest BCUT2D eigenvalue weighted by atomic mass is 32.2. The van der Waals surface area contributed by atoms with E-state index in [2.05, 4.69) is 15.5 Å². The molecule has 20 heavy (non-hydrogen) atoms. The van der Waals surface area contributed by atoms with Gasteiger partial charge in [0.1, 0.15) is 0 Å². The van der Waals surface area contributed by atoms with Gasteiger partial charge in [0.25, 0.3) is 0 Å². The quantitative estimate of drug-likeness (QED) is 0.788. The van der Waals surface area contributed by atoms with Gasteiger partial charge in [0.2, 0.25) is 0 Å². The van der Waals surface area contributed by atoms with Crippen molar-refractivity contribution in [2.45, 2.75) is 13.5 Å². The number of nitrogen functional groups attached to an aromatic ring is 1. The van der Waals surface area contributed by atoms with Crippen LogP contribution in [0.25, 0.3) is 11.4 Å². The molecule has 0 saturated carbocycles. The van der Waals surface area contributed by atoms with Gasteiger partial charge in [0, 0.05) is 22.8 Å². The van der Waals surface area contributed by atoms with E-state index in [1.54, 1.807) is 17.0 Å². The summed E-state index contributed by atoms with van der Waals surface area (Å²) in [6, 6.07) is 5.44. The number of aromatic nitrogens is 4. The van der Waals surface area contributed by atoms with Crippen LogP contribution in [0.3, 0.4) is 0 Å². The second kappa shape index (κ2) is 6.47. The number of aryl methyl sites for hydroxylation is 1. The molecule has 0 fully saturated rings. The van der Waals surface area contributed by atoms with Gasteiger partial charge in [-0.1, -0.05) is 6.07 Å². The standard InChI is InChI=1S/C12H17N5O2S/c1-3-19-11-9(5-4-6-10(11)13)12-14-15-16-17(12)7-8-20(2)18/h4-6H,3,7-8,13H2,1-2H3. The summed E-state index contributed by atoms with van der Waals surface area (Å²) in [6.07, 6.45) is 1.65. The van der Waals surface area contributed by atoms with Crippen molar-refractivity contribution in [2.75, 3.05) is 24.3 Å². The van der Waals surface area contributed by atoms with Crippen LogP contribution < -0.4 is 10.5 Å². The topological polar surface area (TPSA) is 95.9 Å². The average Bonchev–Trinajstić information content (AvgIpc) is 2.87. The number of nitrogens with two attached hydrogens (primary N) is 1. The monoisotopic (exact) mass is 295 g/mol. The molecule has 2 N–H and O–H groups in total. The average molecular weight is 295 g/mol. The van der Waals surface area contributed by atoms with Crippen molar-refractivity contribution in [1.29, 1.82) is 0 Å². The first kappa shape index (κ1) is 14.4. The summed E-state index contributed by atoms with van der Waals surface area (Å²) in [5.41, 5.74) is 7.21. The second-order valence-corrected chi connectivity index (χ2v) is 5.71. The van der Waals surface area contributed by atoms with E-state index in [0.29, 0.717) is 36.2 Å². The lowest BCUT2D eigenvalue weighted by molar-refractivity contribution is 0.343. The molecule has 0 spiro atoms. The Labute approximate surface area is 119 Å². The van der Waals surface area contributed by atoms with Gasteiger partial charge in [0.05, 0.1) is 24.4 Å². The third-order valence-electron chi connectivity index (χ3n) is 2.70. The molecule has 0 saturated heterocycles. The lowest BCUT2D eigenvalue weighted by atomic mass is 10.1. The Morgan fingerprint density at radius 2 is 2.25 bits per heavy atom. The van der Waals surface area contributed by atoms with Crippen LogP contribution in [0.15, 0.2) is 18.2 Å². The summed E-state index contributed by atoms with van der Waals surface area (Å²) in [5.74, 6) is 1.62. The Kier molecular flexibility index (Phi) is 4.67. The Bertz CT molecular complexity index is 614. The molecule has 0 aliphatic heterocycles. The van der Waals surface area contributed by atoms with Gasteiger partial charge < -0.3 is 10.5 Å². The number of nitrogens with zero attached hydrogens (tertiary/aromatic N) is 4. The maximum absolute atomic E-state index is 11.2. The fourth-order valence-electron chi connectivity index (χ4n) is 1.80. The maximum atomic E-state index is 11.2. The molecule has 108 valence electrons. The van der Waals surface area contributed by atoms with E-state index in [1.807, 2.05) is 19.1 Å². The molecule has 1 atom stereocenters. The highest BCUT2D eigenvalue weighted by molar-refractivity contribution is 7.84. The molecular formula is C12H17N5O2S. The third kappa shape index (κ3) is 3.13. The largest absolute Gasteiger partial charge is 0.491 e. The van der Waals surface area contributed by atoms with Crippen LogP contribution in [0.5, 0.6) is 5.75 Å². The Morgan fingerprint density at radius 3 is 2.95 bits per heavy atom. The molecule has 1 aromatic carbocycles. The lowest BCUT2D eigenvalue weighted by Crippen LogP contribution is -2.10. The summed E-state index contributed by atoms with van der Waals surface area (Å²) >= 11 is 0. The number of ether oxygens (including phenoxy) is 1. The maximum Gasteiger partial charge on any atom is 0.185 e. The van der Waals surface area contributed by atoms with Crippen molar-refractivity contribution in [3.05, 3.63) is 18.2 Å². The van der Waals surface area contributed by atoms with Gasteiger partial charge in [-0.15, -0.1) is 5.10 Å². The van der Waals surface area contributed by atoms with E-state index < -0.39 is 10.8 Å². The van der Waals surface area contributed by atoms with Crippen LogP contribution in [-0.2, 0) is 17.3 Å². The zero-order valence-electron chi connectivity index (χ0n) is 11.4. The number of hydrogen-bond acceptors (Lipinski definition) is 6. The van der Waals surface area contributed by atoms with Gasteiger partial charge in [-0.2, -0.15) is 0 Å². The van der Waals surface area contributed by atoms with Crippen molar-refractivity contribution in [2.24, 2.45) is 0 Å². The van der Waals surface area contributed by atoms with Crippen molar-refractivity contribution < 1.29 is 8.95 Å². The molecule has 0 radical (unpaired) electrons. The Balaban J connectivity index is 2.39. The fraction of sp³-hybridized carbons (Fsp3) is 0.417. The number of anilines is 1. The SMILES string of the molecule is CCOc1c(N)cccc1-c1nnnn1CCS(C)=O. The zero-order chi connectivity index (χ0) is 14.5. The number of para-hydroxylation sites is 1. The van der Waals surface area contributed by atoms with Gasteiger partial charge >= 0.3 is 0 Å². The molecular weight excluding hydrogens is 278 g/mol. The number of benzene rings is 1. The van der Waals surface area contributed by atoms with Crippen molar-refractivity contribution >= 4 is 16.5 Å². The smallest absolute Gasteiger partial charge is 0.185 e. The predicted molar refractivity (Wildman–Crippen MR) is 77.8 cm³/mol. The summed E-state index contributed by atoms with van der Waals surface area (Å²) in [5, 5.41) is 11.6. The fourth-order valence-corrected chi connectivity index (χ4v) is 2.23. The van der Waals surface area contributed by atoms with Gasteiger partial charge in [-0.25, -0.2) is 4.68 Å². The molecule has 0 aliphatic rings. The first-order valence-corrected chi connectivity index (χ1v) is 7.94. The summed E-state index contributed by atoms with van der Waals surface area (Å²) in [6.45, 7) is 2.87. The normalized spacial score (nSPS) is 12.3. The zero-order valence-corrected chi connectivity index (χ0v) is 12.3.